The van der Waals surface area contributed by atoms with Crippen LogP contribution >= 0.6 is 11.3 Å². The van der Waals surface area contributed by atoms with Gasteiger partial charge in [-0.25, -0.2) is 9.97 Å². The lowest BCUT2D eigenvalue weighted by atomic mass is 10.4. The second-order valence-corrected chi connectivity index (χ2v) is 3.64. The molecule has 0 bridgehead atoms. The number of nitrogens with zero attached hydrogens (tertiary/aromatic N) is 3. The van der Waals surface area contributed by atoms with Gasteiger partial charge in [-0.05, 0) is 6.92 Å². The van der Waals surface area contributed by atoms with Crippen LogP contribution in [0.5, 0.6) is 0 Å². The normalized spacial score (nSPS) is 10.6. The van der Waals surface area contributed by atoms with Crippen molar-refractivity contribution in [3.8, 4) is 10.7 Å². The Hall–Kier alpha value is -1.27. The second kappa shape index (κ2) is 3.23. The monoisotopic (exact) mass is 195 g/mol. The Morgan fingerprint density at radius 3 is 3.00 bits per heavy atom. The van der Waals surface area contributed by atoms with Crippen molar-refractivity contribution in [1.82, 2.24) is 20.2 Å². The van der Waals surface area contributed by atoms with Crippen LogP contribution in [0.4, 0.5) is 0 Å². The fourth-order valence-electron chi connectivity index (χ4n) is 1.07. The van der Waals surface area contributed by atoms with Gasteiger partial charge in [-0.3, -0.25) is 5.10 Å². The minimum absolute atomic E-state index is 0.472. The highest BCUT2D eigenvalue weighted by atomic mass is 32.1. The fourth-order valence-corrected chi connectivity index (χ4v) is 1.96. The zero-order chi connectivity index (χ0) is 9.26. The van der Waals surface area contributed by atoms with E-state index in [2.05, 4.69) is 20.2 Å². The molecule has 0 aliphatic rings. The average Bonchev–Trinajstić information content (AvgIpc) is 2.72. The number of H-pyrrole nitrogens is 1. The SMILES string of the molecule is Cc1nc(CN)sc1-c1ncn[nH]1. The number of nitrogens with one attached hydrogen (secondary N) is 1. The molecular weight excluding hydrogens is 186 g/mol. The first kappa shape index (κ1) is 8.33. The summed E-state index contributed by atoms with van der Waals surface area (Å²) in [6.45, 7) is 2.41. The van der Waals surface area contributed by atoms with E-state index in [0.29, 0.717) is 6.54 Å². The Morgan fingerprint density at radius 1 is 1.62 bits per heavy atom. The lowest BCUT2D eigenvalue weighted by Crippen LogP contribution is -1.94. The van der Waals surface area contributed by atoms with Gasteiger partial charge in [0.05, 0.1) is 10.6 Å². The molecule has 0 radical (unpaired) electrons. The molecule has 0 spiro atoms. The molecule has 0 unspecified atom stereocenters. The summed E-state index contributed by atoms with van der Waals surface area (Å²) >= 11 is 1.55. The molecule has 6 heteroatoms. The molecule has 2 heterocycles. The van der Waals surface area contributed by atoms with Gasteiger partial charge >= 0.3 is 0 Å². The van der Waals surface area contributed by atoms with E-state index in [-0.39, 0.29) is 0 Å². The number of hydrogen-bond donors (Lipinski definition) is 2. The molecule has 0 amide bonds. The lowest BCUT2D eigenvalue weighted by Gasteiger charge is -1.88. The number of nitrogens with two attached hydrogens (primary N) is 1. The lowest BCUT2D eigenvalue weighted by molar-refractivity contribution is 1.02. The fraction of sp³-hybridized carbons (Fsp3) is 0.286. The van der Waals surface area contributed by atoms with Gasteiger partial charge in [0.2, 0.25) is 0 Å². The van der Waals surface area contributed by atoms with Crippen LogP contribution in [0.3, 0.4) is 0 Å². The molecule has 2 rings (SSSR count). The van der Waals surface area contributed by atoms with E-state index in [1.165, 1.54) is 6.33 Å². The molecule has 3 N–H and O–H groups in total. The van der Waals surface area contributed by atoms with Gasteiger partial charge < -0.3 is 5.73 Å². The molecule has 2 aromatic rings. The van der Waals surface area contributed by atoms with Crippen molar-refractivity contribution in [3.05, 3.63) is 17.0 Å². The minimum Gasteiger partial charge on any atom is -0.325 e. The number of aromatic amines is 1. The Kier molecular flexibility index (Phi) is 2.07. The molecule has 2 aromatic heterocycles. The third kappa shape index (κ3) is 1.45. The van der Waals surface area contributed by atoms with Crippen molar-refractivity contribution in [2.24, 2.45) is 5.73 Å². The molecule has 0 aliphatic carbocycles. The first-order chi connectivity index (χ1) is 6.31. The topological polar surface area (TPSA) is 80.5 Å². The maximum Gasteiger partial charge on any atom is 0.167 e. The van der Waals surface area contributed by atoms with Crippen LogP contribution in [0.25, 0.3) is 10.7 Å². The van der Waals surface area contributed by atoms with Crippen LogP contribution in [0.2, 0.25) is 0 Å². The Morgan fingerprint density at radius 2 is 2.46 bits per heavy atom. The van der Waals surface area contributed by atoms with Crippen molar-refractivity contribution in [2.45, 2.75) is 13.5 Å². The van der Waals surface area contributed by atoms with E-state index < -0.39 is 0 Å². The van der Waals surface area contributed by atoms with E-state index >= 15 is 0 Å². The van der Waals surface area contributed by atoms with E-state index in [1.807, 2.05) is 6.92 Å². The Balaban J connectivity index is 2.46. The van der Waals surface area contributed by atoms with E-state index in [4.69, 9.17) is 5.73 Å². The molecular formula is C7H9N5S. The third-order valence-corrected chi connectivity index (χ3v) is 2.83. The maximum atomic E-state index is 5.49. The molecule has 0 aromatic carbocycles. The van der Waals surface area contributed by atoms with Crippen LogP contribution in [0, 0.1) is 6.92 Å². The summed E-state index contributed by atoms with van der Waals surface area (Å²) in [5, 5.41) is 7.51. The van der Waals surface area contributed by atoms with Crippen molar-refractivity contribution in [1.29, 1.82) is 0 Å². The van der Waals surface area contributed by atoms with Crippen molar-refractivity contribution in [3.63, 3.8) is 0 Å². The van der Waals surface area contributed by atoms with Crippen LogP contribution in [-0.2, 0) is 6.54 Å². The number of hydrogen-bond acceptors (Lipinski definition) is 5. The molecule has 0 saturated heterocycles. The van der Waals surface area contributed by atoms with Gasteiger partial charge in [0, 0.05) is 6.54 Å². The third-order valence-electron chi connectivity index (χ3n) is 1.65. The van der Waals surface area contributed by atoms with Crippen LogP contribution in [0.1, 0.15) is 10.7 Å². The smallest absolute Gasteiger partial charge is 0.167 e. The summed E-state index contributed by atoms with van der Waals surface area (Å²) < 4.78 is 0. The summed E-state index contributed by atoms with van der Waals surface area (Å²) in [6.07, 6.45) is 1.48. The molecule has 0 fully saturated rings. The molecule has 0 saturated carbocycles. The van der Waals surface area contributed by atoms with Crippen LogP contribution in [0.15, 0.2) is 6.33 Å². The molecule has 68 valence electrons. The maximum absolute atomic E-state index is 5.49. The standard InChI is InChI=1S/C7H9N5S/c1-4-6(7-9-3-10-12-7)13-5(2-8)11-4/h3H,2,8H2,1H3,(H,9,10,12). The van der Waals surface area contributed by atoms with Gasteiger partial charge in [-0.1, -0.05) is 0 Å². The van der Waals surface area contributed by atoms with Crippen LogP contribution in [-0.4, -0.2) is 20.2 Å². The van der Waals surface area contributed by atoms with E-state index in [9.17, 15) is 0 Å². The van der Waals surface area contributed by atoms with Gasteiger partial charge in [-0.2, -0.15) is 5.10 Å². The molecule has 0 aliphatic heterocycles. The van der Waals surface area contributed by atoms with Crippen molar-refractivity contribution < 1.29 is 0 Å². The highest BCUT2D eigenvalue weighted by Gasteiger charge is 2.10. The number of aryl methyl sites for hydroxylation is 1. The van der Waals surface area contributed by atoms with Crippen molar-refractivity contribution in [2.75, 3.05) is 0 Å². The highest BCUT2D eigenvalue weighted by molar-refractivity contribution is 7.15. The summed E-state index contributed by atoms with van der Waals surface area (Å²) in [4.78, 5) is 9.36. The largest absolute Gasteiger partial charge is 0.325 e. The first-order valence-electron chi connectivity index (χ1n) is 3.83. The van der Waals surface area contributed by atoms with E-state index in [1.54, 1.807) is 11.3 Å². The van der Waals surface area contributed by atoms with Crippen molar-refractivity contribution >= 4 is 11.3 Å². The van der Waals surface area contributed by atoms with Gasteiger partial charge in [0.15, 0.2) is 5.82 Å². The zero-order valence-electron chi connectivity index (χ0n) is 7.11. The Bertz CT molecular complexity index is 391. The Labute approximate surface area is 79.0 Å². The second-order valence-electron chi connectivity index (χ2n) is 2.56. The molecule has 0 atom stereocenters. The summed E-state index contributed by atoms with van der Waals surface area (Å²) in [5.41, 5.74) is 6.43. The van der Waals surface area contributed by atoms with Gasteiger partial charge in [0.25, 0.3) is 0 Å². The van der Waals surface area contributed by atoms with Gasteiger partial charge in [0.1, 0.15) is 11.3 Å². The predicted octanol–water partition coefficient (Wildman–Crippen LogP) is 0.695. The van der Waals surface area contributed by atoms with Crippen LogP contribution < -0.4 is 5.73 Å². The minimum atomic E-state index is 0.472. The summed E-state index contributed by atoms with van der Waals surface area (Å²) in [7, 11) is 0. The average molecular weight is 195 g/mol. The quantitative estimate of drug-likeness (QED) is 0.739. The number of aromatic nitrogens is 4. The zero-order valence-corrected chi connectivity index (χ0v) is 7.93. The number of thiazole rings is 1. The first-order valence-corrected chi connectivity index (χ1v) is 4.65. The molecule has 13 heavy (non-hydrogen) atoms. The summed E-state index contributed by atoms with van der Waals surface area (Å²) in [5.74, 6) is 0.759. The predicted molar refractivity (Wildman–Crippen MR) is 50.1 cm³/mol. The summed E-state index contributed by atoms with van der Waals surface area (Å²) in [6, 6.07) is 0. The van der Waals surface area contributed by atoms with E-state index in [0.717, 1.165) is 21.4 Å². The van der Waals surface area contributed by atoms with Gasteiger partial charge in [-0.15, -0.1) is 11.3 Å². The highest BCUT2D eigenvalue weighted by Crippen LogP contribution is 2.26. The number of rotatable bonds is 2. The molecule has 5 nitrogen and oxygen atoms in total.